The maximum Gasteiger partial charge on any atom is 0.253 e. The molecule has 1 aliphatic carbocycles. The van der Waals surface area contributed by atoms with Crippen LogP contribution < -0.4 is 26.0 Å². The smallest absolute Gasteiger partial charge is 0.253 e. The molecular formula is C29H33FN6O2. The van der Waals surface area contributed by atoms with Gasteiger partial charge in [0.15, 0.2) is 0 Å². The number of ether oxygens (including phenoxy) is 1. The first-order valence-electron chi connectivity index (χ1n) is 12.8. The number of benzene rings is 2. The minimum absolute atomic E-state index is 0.180. The minimum atomic E-state index is -0.833. The molecule has 1 fully saturated rings. The van der Waals surface area contributed by atoms with Gasteiger partial charge in [0.25, 0.3) is 5.91 Å². The Morgan fingerprint density at radius 1 is 1.05 bits per heavy atom. The summed E-state index contributed by atoms with van der Waals surface area (Å²) in [6.07, 6.45) is 4.65. The third-order valence-corrected chi connectivity index (χ3v) is 7.12. The first-order chi connectivity index (χ1) is 18.3. The Morgan fingerprint density at radius 3 is 2.55 bits per heavy atom. The van der Waals surface area contributed by atoms with Crippen molar-refractivity contribution in [2.75, 3.05) is 48.8 Å². The van der Waals surface area contributed by atoms with Crippen LogP contribution in [0.2, 0.25) is 0 Å². The van der Waals surface area contributed by atoms with Gasteiger partial charge in [-0.15, -0.1) is 0 Å². The predicted molar refractivity (Wildman–Crippen MR) is 150 cm³/mol. The number of nitrogens with one attached hydrogen (secondary N) is 2. The summed E-state index contributed by atoms with van der Waals surface area (Å²) in [5.41, 5.74) is 9.93. The van der Waals surface area contributed by atoms with Crippen molar-refractivity contribution in [2.45, 2.75) is 26.3 Å². The number of amides is 1. The summed E-state index contributed by atoms with van der Waals surface area (Å²) < 4.78 is 20.1. The molecule has 0 saturated carbocycles. The number of allylic oxidation sites excluding steroid dienone is 1. The molecule has 4 N–H and O–H groups in total. The number of anilines is 5. The number of methoxy groups -OCH3 is 1. The molecule has 3 aromatic rings. The molecule has 2 aliphatic rings. The highest BCUT2D eigenvalue weighted by Gasteiger charge is 2.21. The van der Waals surface area contributed by atoms with E-state index in [1.54, 1.807) is 13.2 Å². The van der Waals surface area contributed by atoms with E-state index in [0.29, 0.717) is 35.4 Å². The summed E-state index contributed by atoms with van der Waals surface area (Å²) in [6, 6.07) is 12.9. The lowest BCUT2D eigenvalue weighted by Gasteiger charge is -2.38. The lowest BCUT2D eigenvalue weighted by Crippen LogP contribution is -2.48. The monoisotopic (exact) mass is 516 g/mol. The fraction of sp³-hybridized carbons (Fsp3) is 0.310. The van der Waals surface area contributed by atoms with Gasteiger partial charge in [0.05, 0.1) is 35.4 Å². The number of halogens is 1. The second-order valence-corrected chi connectivity index (χ2v) is 9.80. The highest BCUT2D eigenvalue weighted by molar-refractivity contribution is 6.00. The van der Waals surface area contributed by atoms with E-state index < -0.39 is 11.7 Å². The summed E-state index contributed by atoms with van der Waals surface area (Å²) in [5.74, 6) is -0.188. The van der Waals surface area contributed by atoms with E-state index in [0.717, 1.165) is 48.8 Å². The summed E-state index contributed by atoms with van der Waals surface area (Å²) >= 11 is 0. The number of pyridine rings is 1. The Balaban J connectivity index is 1.40. The van der Waals surface area contributed by atoms with E-state index in [1.807, 2.05) is 30.4 Å². The van der Waals surface area contributed by atoms with Crippen molar-refractivity contribution < 1.29 is 13.9 Å². The Bertz CT molecular complexity index is 1380. The van der Waals surface area contributed by atoms with Crippen molar-refractivity contribution in [3.8, 4) is 5.75 Å². The van der Waals surface area contributed by atoms with Crippen LogP contribution in [0.1, 0.15) is 35.5 Å². The Kier molecular flexibility index (Phi) is 7.20. The van der Waals surface area contributed by atoms with Gasteiger partial charge in [-0.2, -0.15) is 0 Å². The lowest BCUT2D eigenvalue weighted by atomic mass is 10.1. The normalized spacial score (nSPS) is 15.0. The second kappa shape index (κ2) is 10.7. The zero-order valence-corrected chi connectivity index (χ0v) is 21.9. The van der Waals surface area contributed by atoms with Crippen molar-refractivity contribution in [3.63, 3.8) is 0 Å². The maximum atomic E-state index is 14.4. The van der Waals surface area contributed by atoms with Gasteiger partial charge in [-0.1, -0.05) is 18.2 Å². The van der Waals surface area contributed by atoms with Crippen molar-refractivity contribution >= 4 is 40.6 Å². The molecule has 0 atom stereocenters. The van der Waals surface area contributed by atoms with E-state index in [2.05, 4.69) is 40.3 Å². The van der Waals surface area contributed by atoms with Gasteiger partial charge < -0.3 is 26.0 Å². The van der Waals surface area contributed by atoms with Crippen molar-refractivity contribution in [2.24, 2.45) is 5.73 Å². The molecule has 1 aliphatic heterocycles. The topological polar surface area (TPSA) is 95.8 Å². The van der Waals surface area contributed by atoms with E-state index in [1.165, 1.54) is 12.1 Å². The number of hydrogen-bond donors (Lipinski definition) is 3. The number of piperazine rings is 1. The highest BCUT2D eigenvalue weighted by Crippen LogP contribution is 2.36. The third-order valence-electron chi connectivity index (χ3n) is 7.12. The molecule has 198 valence electrons. The molecule has 0 spiro atoms. The maximum absolute atomic E-state index is 14.4. The average molecular weight is 517 g/mol. The Labute approximate surface area is 222 Å². The predicted octanol–water partition coefficient (Wildman–Crippen LogP) is 4.92. The van der Waals surface area contributed by atoms with Crippen LogP contribution in [0.4, 0.5) is 33.0 Å². The summed E-state index contributed by atoms with van der Waals surface area (Å²) in [6.45, 7) is 8.47. The van der Waals surface area contributed by atoms with E-state index in [4.69, 9.17) is 15.5 Å². The van der Waals surface area contributed by atoms with Crippen LogP contribution in [0.5, 0.6) is 5.75 Å². The molecule has 5 rings (SSSR count). The minimum Gasteiger partial charge on any atom is -0.494 e. The second-order valence-electron chi connectivity index (χ2n) is 9.80. The fourth-order valence-corrected chi connectivity index (χ4v) is 5.04. The molecule has 1 saturated heterocycles. The zero-order chi connectivity index (χ0) is 26.8. The van der Waals surface area contributed by atoms with Crippen molar-refractivity contribution in [3.05, 3.63) is 71.2 Å². The first kappa shape index (κ1) is 25.5. The molecule has 0 radical (unpaired) electrons. The van der Waals surface area contributed by atoms with Crippen molar-refractivity contribution in [1.82, 2.24) is 9.88 Å². The van der Waals surface area contributed by atoms with Crippen LogP contribution in [-0.2, 0) is 6.42 Å². The molecule has 9 heteroatoms. The quantitative estimate of drug-likeness (QED) is 0.391. The van der Waals surface area contributed by atoms with Crippen LogP contribution in [0, 0.1) is 5.82 Å². The molecule has 8 nitrogen and oxygen atoms in total. The number of primary amides is 1. The van der Waals surface area contributed by atoms with Crippen LogP contribution >= 0.6 is 0 Å². The molecule has 1 aromatic heterocycles. The van der Waals surface area contributed by atoms with Gasteiger partial charge in [0, 0.05) is 62.0 Å². The van der Waals surface area contributed by atoms with Gasteiger partial charge in [-0.3, -0.25) is 9.69 Å². The lowest BCUT2D eigenvalue weighted by molar-refractivity contribution is 0.0997. The Hall–Kier alpha value is -4.11. The van der Waals surface area contributed by atoms with Crippen LogP contribution in [0.15, 0.2) is 48.5 Å². The van der Waals surface area contributed by atoms with Crippen molar-refractivity contribution in [1.29, 1.82) is 0 Å². The van der Waals surface area contributed by atoms with E-state index >= 15 is 0 Å². The summed E-state index contributed by atoms with van der Waals surface area (Å²) in [4.78, 5) is 21.6. The third kappa shape index (κ3) is 5.15. The zero-order valence-electron chi connectivity index (χ0n) is 21.9. The molecule has 1 amide bonds. The molecule has 38 heavy (non-hydrogen) atoms. The van der Waals surface area contributed by atoms with E-state index in [-0.39, 0.29) is 5.56 Å². The largest absolute Gasteiger partial charge is 0.494 e. The standard InChI is InChI=1S/C29H33FN6O2/c1-18(2)35-12-14-36(15-13-35)19-10-11-23(26(16-19)38-3)34-27-17-25(20-6-4-8-22(20)33-27)32-24-9-5-7-21(30)28(24)29(31)37/h4-7,9-11,16-18H,8,12-15H2,1-3H3,(H2,31,37)(H2,32,33,34). The van der Waals surface area contributed by atoms with Gasteiger partial charge in [0.1, 0.15) is 17.4 Å². The molecule has 2 heterocycles. The first-order valence-corrected chi connectivity index (χ1v) is 12.8. The van der Waals surface area contributed by atoms with Crippen LogP contribution in [0.3, 0.4) is 0 Å². The Morgan fingerprint density at radius 2 is 1.84 bits per heavy atom. The molecule has 0 bridgehead atoms. The fourth-order valence-electron chi connectivity index (χ4n) is 5.04. The van der Waals surface area contributed by atoms with Gasteiger partial charge in [-0.25, -0.2) is 9.37 Å². The number of carbonyl (C=O) groups is 1. The number of hydrogen-bond acceptors (Lipinski definition) is 7. The number of fused-ring (bicyclic) bond motifs is 1. The number of nitrogens with two attached hydrogens (primary N) is 1. The molecular weight excluding hydrogens is 483 g/mol. The molecule has 2 aromatic carbocycles. The summed E-state index contributed by atoms with van der Waals surface area (Å²) in [5, 5.41) is 6.58. The van der Waals surface area contributed by atoms with Gasteiger partial charge in [0.2, 0.25) is 0 Å². The molecule has 0 unspecified atom stereocenters. The van der Waals surface area contributed by atoms with E-state index in [9.17, 15) is 9.18 Å². The number of rotatable bonds is 8. The average Bonchev–Trinajstić information content (AvgIpc) is 3.38. The van der Waals surface area contributed by atoms with Gasteiger partial charge >= 0.3 is 0 Å². The van der Waals surface area contributed by atoms with Crippen LogP contribution in [0.25, 0.3) is 6.08 Å². The SMILES string of the molecule is COc1cc(N2CCN(C(C)C)CC2)ccc1Nc1cc(Nc2cccc(F)c2C(N)=O)c2c(n1)CC=C2. The number of aromatic nitrogens is 1. The summed E-state index contributed by atoms with van der Waals surface area (Å²) in [7, 11) is 1.66. The van der Waals surface area contributed by atoms with Gasteiger partial charge in [-0.05, 0) is 38.1 Å². The number of carbonyl (C=O) groups excluding carboxylic acids is 1. The highest BCUT2D eigenvalue weighted by atomic mass is 19.1. The van der Waals surface area contributed by atoms with Crippen LogP contribution in [-0.4, -0.2) is 55.1 Å². The number of nitrogens with zero attached hydrogens (tertiary/aromatic N) is 3.